The van der Waals surface area contributed by atoms with E-state index < -0.39 is 0 Å². The summed E-state index contributed by atoms with van der Waals surface area (Å²) in [7, 11) is 1.99. The predicted molar refractivity (Wildman–Crippen MR) is 97.0 cm³/mol. The van der Waals surface area contributed by atoms with Crippen molar-refractivity contribution in [1.29, 1.82) is 0 Å². The lowest BCUT2D eigenvalue weighted by molar-refractivity contribution is -0.143. The molecule has 1 aliphatic heterocycles. The molecule has 1 amide bonds. The third kappa shape index (κ3) is 4.50. The van der Waals surface area contributed by atoms with Gasteiger partial charge in [-0.15, -0.1) is 24.8 Å². The lowest BCUT2D eigenvalue weighted by Crippen LogP contribution is -2.52. The summed E-state index contributed by atoms with van der Waals surface area (Å²) in [5.74, 6) is 0.306. The molecule has 6 heteroatoms. The first-order valence-electron chi connectivity index (χ1n) is 8.21. The highest BCUT2D eigenvalue weighted by atomic mass is 35.5. The molecule has 0 aromatic carbocycles. The zero-order chi connectivity index (χ0) is 14.8. The van der Waals surface area contributed by atoms with Crippen molar-refractivity contribution in [2.24, 2.45) is 11.1 Å². The summed E-state index contributed by atoms with van der Waals surface area (Å²) < 4.78 is 0. The molecule has 2 rings (SSSR count). The molecule has 2 aliphatic rings. The monoisotopic (exact) mass is 353 g/mol. The Morgan fingerprint density at radius 1 is 1.23 bits per heavy atom. The van der Waals surface area contributed by atoms with E-state index in [1.165, 1.54) is 0 Å². The number of hydrogen-bond acceptors (Lipinski definition) is 3. The van der Waals surface area contributed by atoms with Crippen molar-refractivity contribution in [1.82, 2.24) is 9.80 Å². The second kappa shape index (κ2) is 9.31. The van der Waals surface area contributed by atoms with Gasteiger partial charge in [-0.05, 0) is 39.5 Å². The molecule has 1 saturated heterocycles. The lowest BCUT2D eigenvalue weighted by atomic mass is 9.84. The topological polar surface area (TPSA) is 49.6 Å². The summed E-state index contributed by atoms with van der Waals surface area (Å²) in [6, 6.07) is 1.02. The first-order chi connectivity index (χ1) is 9.50. The van der Waals surface area contributed by atoms with Gasteiger partial charge >= 0.3 is 0 Å². The van der Waals surface area contributed by atoms with Crippen LogP contribution in [0.1, 0.15) is 52.4 Å². The van der Waals surface area contributed by atoms with E-state index in [0.717, 1.165) is 51.6 Å². The van der Waals surface area contributed by atoms with Gasteiger partial charge in [-0.25, -0.2) is 0 Å². The number of nitrogens with two attached hydrogens (primary N) is 1. The number of likely N-dealkylation sites (tertiary alicyclic amines) is 1. The van der Waals surface area contributed by atoms with Gasteiger partial charge in [0.05, 0.1) is 5.41 Å². The van der Waals surface area contributed by atoms with Gasteiger partial charge in [-0.3, -0.25) is 4.79 Å². The molecule has 2 N–H and O–H groups in total. The van der Waals surface area contributed by atoms with Crippen LogP contribution in [0.2, 0.25) is 0 Å². The van der Waals surface area contributed by atoms with E-state index >= 15 is 0 Å². The van der Waals surface area contributed by atoms with Crippen molar-refractivity contribution >= 4 is 30.7 Å². The first-order valence-corrected chi connectivity index (χ1v) is 8.21. The van der Waals surface area contributed by atoms with Crippen LogP contribution in [0.4, 0.5) is 0 Å². The maximum absolute atomic E-state index is 12.8. The summed E-state index contributed by atoms with van der Waals surface area (Å²) in [6.07, 6.45) is 6.47. The molecule has 0 atom stereocenters. The lowest BCUT2D eigenvalue weighted by Gasteiger charge is -2.41. The molecule has 0 aromatic heterocycles. The fourth-order valence-corrected chi connectivity index (χ4v) is 3.89. The fourth-order valence-electron chi connectivity index (χ4n) is 3.89. The van der Waals surface area contributed by atoms with Crippen LogP contribution in [0.25, 0.3) is 0 Å². The minimum Gasteiger partial charge on any atom is -0.342 e. The van der Waals surface area contributed by atoms with E-state index in [-0.39, 0.29) is 30.2 Å². The number of carbonyl (C=O) groups is 1. The summed E-state index contributed by atoms with van der Waals surface area (Å²) in [5.41, 5.74) is 5.70. The number of piperidine rings is 1. The van der Waals surface area contributed by atoms with E-state index in [4.69, 9.17) is 5.73 Å². The molecule has 1 saturated carbocycles. The Morgan fingerprint density at radius 3 is 2.14 bits per heavy atom. The predicted octanol–water partition coefficient (Wildman–Crippen LogP) is 2.68. The van der Waals surface area contributed by atoms with E-state index in [2.05, 4.69) is 18.7 Å². The molecular formula is C16H33Cl2N3O. The van der Waals surface area contributed by atoms with Gasteiger partial charge in [0.25, 0.3) is 0 Å². The van der Waals surface area contributed by atoms with Crippen molar-refractivity contribution in [3.8, 4) is 0 Å². The van der Waals surface area contributed by atoms with E-state index in [9.17, 15) is 4.79 Å². The molecule has 1 aliphatic carbocycles. The van der Waals surface area contributed by atoms with E-state index in [1.807, 2.05) is 11.9 Å². The van der Waals surface area contributed by atoms with Gasteiger partial charge in [0, 0.05) is 38.8 Å². The maximum Gasteiger partial charge on any atom is 0.230 e. The standard InChI is InChI=1S/C16H31N3O.2ClH/c1-13(2)19-10-6-14(7-11-19)18(3)15(20)16(12-17)8-4-5-9-16;;/h13-14H,4-12,17H2,1-3H3;2*1H. The molecular weight excluding hydrogens is 321 g/mol. The number of amides is 1. The molecule has 0 bridgehead atoms. The van der Waals surface area contributed by atoms with Gasteiger partial charge < -0.3 is 15.5 Å². The Morgan fingerprint density at radius 2 is 1.73 bits per heavy atom. The molecule has 2 fully saturated rings. The number of hydrogen-bond donors (Lipinski definition) is 1. The van der Waals surface area contributed by atoms with Crippen LogP contribution in [-0.2, 0) is 4.79 Å². The molecule has 1 heterocycles. The Balaban J connectivity index is 0.00000220. The maximum atomic E-state index is 12.8. The number of nitrogens with zero attached hydrogens (tertiary/aromatic N) is 2. The van der Waals surface area contributed by atoms with Gasteiger partial charge in [0.2, 0.25) is 5.91 Å². The molecule has 0 aromatic rings. The summed E-state index contributed by atoms with van der Waals surface area (Å²) in [4.78, 5) is 17.4. The third-order valence-corrected chi connectivity index (χ3v) is 5.50. The van der Waals surface area contributed by atoms with Crippen molar-refractivity contribution < 1.29 is 4.79 Å². The van der Waals surface area contributed by atoms with Crippen molar-refractivity contribution in [3.63, 3.8) is 0 Å². The Kier molecular flexibility index (Phi) is 9.30. The largest absolute Gasteiger partial charge is 0.342 e. The van der Waals surface area contributed by atoms with Crippen LogP contribution < -0.4 is 5.73 Å². The summed E-state index contributed by atoms with van der Waals surface area (Å²) >= 11 is 0. The highest BCUT2D eigenvalue weighted by Gasteiger charge is 2.43. The minimum absolute atomic E-state index is 0. The Labute approximate surface area is 148 Å². The Hall–Kier alpha value is -0.0300. The van der Waals surface area contributed by atoms with Crippen LogP contribution in [-0.4, -0.2) is 54.5 Å². The van der Waals surface area contributed by atoms with Gasteiger partial charge in [-0.2, -0.15) is 0 Å². The normalized spacial score (nSPS) is 22.0. The summed E-state index contributed by atoms with van der Waals surface area (Å²) in [5, 5.41) is 0. The zero-order valence-corrected chi connectivity index (χ0v) is 15.8. The molecule has 0 radical (unpaired) electrons. The zero-order valence-electron chi connectivity index (χ0n) is 14.2. The average molecular weight is 354 g/mol. The molecule has 0 spiro atoms. The number of halogens is 2. The third-order valence-electron chi connectivity index (χ3n) is 5.50. The van der Waals surface area contributed by atoms with Gasteiger partial charge in [0.1, 0.15) is 0 Å². The number of rotatable bonds is 4. The second-order valence-electron chi connectivity index (χ2n) is 6.97. The van der Waals surface area contributed by atoms with Crippen molar-refractivity contribution in [2.75, 3.05) is 26.7 Å². The highest BCUT2D eigenvalue weighted by Crippen LogP contribution is 2.39. The highest BCUT2D eigenvalue weighted by molar-refractivity contribution is 5.85. The molecule has 132 valence electrons. The van der Waals surface area contributed by atoms with Crippen LogP contribution in [0.3, 0.4) is 0 Å². The average Bonchev–Trinajstić information content (AvgIpc) is 2.96. The van der Waals surface area contributed by atoms with Gasteiger partial charge in [-0.1, -0.05) is 12.8 Å². The second-order valence-corrected chi connectivity index (χ2v) is 6.97. The minimum atomic E-state index is -0.246. The van der Waals surface area contributed by atoms with Crippen LogP contribution in [0.15, 0.2) is 0 Å². The number of carbonyl (C=O) groups excluding carboxylic acids is 1. The van der Waals surface area contributed by atoms with E-state index in [0.29, 0.717) is 24.5 Å². The van der Waals surface area contributed by atoms with Crippen LogP contribution in [0.5, 0.6) is 0 Å². The van der Waals surface area contributed by atoms with Crippen LogP contribution in [0, 0.1) is 5.41 Å². The SMILES string of the molecule is CC(C)N1CCC(N(C)C(=O)C2(CN)CCCC2)CC1.Cl.Cl. The van der Waals surface area contributed by atoms with Crippen molar-refractivity contribution in [3.05, 3.63) is 0 Å². The van der Waals surface area contributed by atoms with Gasteiger partial charge in [0.15, 0.2) is 0 Å². The fraction of sp³-hybridized carbons (Fsp3) is 0.938. The molecule has 22 heavy (non-hydrogen) atoms. The van der Waals surface area contributed by atoms with E-state index in [1.54, 1.807) is 0 Å². The van der Waals surface area contributed by atoms with Crippen LogP contribution >= 0.6 is 24.8 Å². The molecule has 0 unspecified atom stereocenters. The quantitative estimate of drug-likeness (QED) is 0.845. The smallest absolute Gasteiger partial charge is 0.230 e. The van der Waals surface area contributed by atoms with Crippen molar-refractivity contribution in [2.45, 2.75) is 64.5 Å². The molecule has 4 nitrogen and oxygen atoms in total. The first kappa shape index (κ1) is 22.0. The Bertz CT molecular complexity index is 338. The summed E-state index contributed by atoms with van der Waals surface area (Å²) in [6.45, 7) is 7.22.